The second-order valence-corrected chi connectivity index (χ2v) is 6.71. The standard InChI is InChI=1S/C16H21F3N2O3/c1-15(2,3)24-14(22)21-7-6-11(9-21)23-13-5-4-10(20)8-12(13)16(17,18)19/h4-5,8,11H,6-7,9,20H2,1-3H3. The minimum atomic E-state index is -4.56. The fraction of sp³-hybridized carbons (Fsp3) is 0.562. The number of carbonyl (C=O) groups is 1. The number of hydrogen-bond donors (Lipinski definition) is 1. The number of ether oxygens (including phenoxy) is 2. The normalized spacial score (nSPS) is 18.6. The van der Waals surface area contributed by atoms with E-state index < -0.39 is 29.5 Å². The highest BCUT2D eigenvalue weighted by Gasteiger charge is 2.37. The molecule has 8 heteroatoms. The van der Waals surface area contributed by atoms with Crippen molar-refractivity contribution in [3.63, 3.8) is 0 Å². The summed E-state index contributed by atoms with van der Waals surface area (Å²) in [7, 11) is 0. The lowest BCUT2D eigenvalue weighted by molar-refractivity contribution is -0.139. The Bertz CT molecular complexity index is 612. The number of nitrogens with zero attached hydrogens (tertiary/aromatic N) is 1. The van der Waals surface area contributed by atoms with Gasteiger partial charge in [0.2, 0.25) is 0 Å². The van der Waals surface area contributed by atoms with Gasteiger partial charge in [0.25, 0.3) is 0 Å². The third kappa shape index (κ3) is 4.69. The summed E-state index contributed by atoms with van der Waals surface area (Å²) < 4.78 is 49.9. The molecular weight excluding hydrogens is 325 g/mol. The first-order chi connectivity index (χ1) is 11.0. The van der Waals surface area contributed by atoms with Crippen LogP contribution in [0, 0.1) is 0 Å². The van der Waals surface area contributed by atoms with E-state index in [-0.39, 0.29) is 18.0 Å². The van der Waals surface area contributed by atoms with E-state index in [1.54, 1.807) is 20.8 Å². The van der Waals surface area contributed by atoms with Crippen molar-refractivity contribution >= 4 is 11.8 Å². The van der Waals surface area contributed by atoms with E-state index in [0.29, 0.717) is 13.0 Å². The topological polar surface area (TPSA) is 64.8 Å². The molecule has 1 aromatic rings. The summed E-state index contributed by atoms with van der Waals surface area (Å²) in [6, 6.07) is 3.40. The van der Waals surface area contributed by atoms with Crippen molar-refractivity contribution in [1.82, 2.24) is 4.90 Å². The number of amides is 1. The van der Waals surface area contributed by atoms with Gasteiger partial charge in [-0.1, -0.05) is 0 Å². The van der Waals surface area contributed by atoms with Gasteiger partial charge in [-0.2, -0.15) is 13.2 Å². The summed E-state index contributed by atoms with van der Waals surface area (Å²) >= 11 is 0. The Kier molecular flexibility index (Phi) is 4.87. The first kappa shape index (κ1) is 18.2. The van der Waals surface area contributed by atoms with E-state index in [2.05, 4.69) is 0 Å². The van der Waals surface area contributed by atoms with Gasteiger partial charge < -0.3 is 20.1 Å². The van der Waals surface area contributed by atoms with Crippen molar-refractivity contribution in [2.24, 2.45) is 0 Å². The number of nitrogen functional groups attached to an aromatic ring is 1. The Hall–Kier alpha value is -2.12. The zero-order valence-electron chi connectivity index (χ0n) is 13.8. The molecular formula is C16H21F3N2O3. The van der Waals surface area contributed by atoms with Crippen LogP contribution in [0.25, 0.3) is 0 Å². The summed E-state index contributed by atoms with van der Waals surface area (Å²) in [6.45, 7) is 5.79. The van der Waals surface area contributed by atoms with Gasteiger partial charge in [-0.25, -0.2) is 4.79 Å². The van der Waals surface area contributed by atoms with Crippen LogP contribution in [-0.4, -0.2) is 35.8 Å². The Labute approximate surface area is 138 Å². The molecule has 134 valence electrons. The van der Waals surface area contributed by atoms with Gasteiger partial charge in [-0.15, -0.1) is 0 Å². The maximum absolute atomic E-state index is 13.1. The summed E-state index contributed by atoms with van der Waals surface area (Å²) in [4.78, 5) is 13.4. The Morgan fingerprint density at radius 1 is 1.29 bits per heavy atom. The molecule has 5 nitrogen and oxygen atoms in total. The molecule has 0 aliphatic carbocycles. The zero-order chi connectivity index (χ0) is 18.1. The predicted octanol–water partition coefficient (Wildman–Crippen LogP) is 3.68. The van der Waals surface area contributed by atoms with Crippen molar-refractivity contribution in [2.45, 2.75) is 45.1 Å². The van der Waals surface area contributed by atoms with Gasteiger partial charge in [-0.05, 0) is 39.0 Å². The third-order valence-corrected chi connectivity index (χ3v) is 3.40. The summed E-state index contributed by atoms with van der Waals surface area (Å²) in [5.41, 5.74) is 3.89. The SMILES string of the molecule is CC(C)(C)OC(=O)N1CCC(Oc2ccc(N)cc2C(F)(F)F)C1. The van der Waals surface area contributed by atoms with Crippen molar-refractivity contribution in [3.05, 3.63) is 23.8 Å². The molecule has 1 heterocycles. The average molecular weight is 346 g/mol. The molecule has 0 bridgehead atoms. The van der Waals surface area contributed by atoms with Crippen LogP contribution in [0.2, 0.25) is 0 Å². The largest absolute Gasteiger partial charge is 0.488 e. The molecule has 1 aliphatic rings. The van der Waals surface area contributed by atoms with Gasteiger partial charge in [0.15, 0.2) is 0 Å². The van der Waals surface area contributed by atoms with E-state index in [1.807, 2.05) is 0 Å². The fourth-order valence-corrected chi connectivity index (χ4v) is 2.37. The van der Waals surface area contributed by atoms with Crippen LogP contribution in [0.5, 0.6) is 5.75 Å². The van der Waals surface area contributed by atoms with Crippen LogP contribution >= 0.6 is 0 Å². The van der Waals surface area contributed by atoms with Crippen molar-refractivity contribution in [1.29, 1.82) is 0 Å². The molecule has 0 saturated carbocycles. The monoisotopic (exact) mass is 346 g/mol. The molecule has 1 saturated heterocycles. The molecule has 24 heavy (non-hydrogen) atoms. The highest BCUT2D eigenvalue weighted by atomic mass is 19.4. The molecule has 0 radical (unpaired) electrons. The quantitative estimate of drug-likeness (QED) is 0.830. The van der Waals surface area contributed by atoms with Gasteiger partial charge >= 0.3 is 12.3 Å². The van der Waals surface area contributed by atoms with Crippen molar-refractivity contribution in [2.75, 3.05) is 18.8 Å². The maximum atomic E-state index is 13.1. The van der Waals surface area contributed by atoms with E-state index in [9.17, 15) is 18.0 Å². The molecule has 1 aliphatic heterocycles. The number of likely N-dealkylation sites (tertiary alicyclic amines) is 1. The lowest BCUT2D eigenvalue weighted by atomic mass is 10.1. The zero-order valence-corrected chi connectivity index (χ0v) is 13.8. The maximum Gasteiger partial charge on any atom is 0.420 e. The van der Waals surface area contributed by atoms with E-state index in [0.717, 1.165) is 6.07 Å². The Balaban J connectivity index is 2.05. The van der Waals surface area contributed by atoms with E-state index in [1.165, 1.54) is 17.0 Å². The number of anilines is 1. The average Bonchev–Trinajstić information content (AvgIpc) is 2.86. The molecule has 1 unspecified atom stereocenters. The molecule has 0 aromatic heterocycles. The van der Waals surface area contributed by atoms with Gasteiger partial charge in [0.05, 0.1) is 12.1 Å². The van der Waals surface area contributed by atoms with Crippen LogP contribution < -0.4 is 10.5 Å². The smallest absolute Gasteiger partial charge is 0.420 e. The summed E-state index contributed by atoms with van der Waals surface area (Å²) in [5.74, 6) is -0.285. The summed E-state index contributed by atoms with van der Waals surface area (Å²) in [5, 5.41) is 0. The molecule has 1 aromatic carbocycles. The van der Waals surface area contributed by atoms with Crippen molar-refractivity contribution < 1.29 is 27.4 Å². The first-order valence-corrected chi connectivity index (χ1v) is 7.57. The number of hydrogen-bond acceptors (Lipinski definition) is 4. The van der Waals surface area contributed by atoms with Gasteiger partial charge in [-0.3, -0.25) is 0 Å². The lowest BCUT2D eigenvalue weighted by Gasteiger charge is -2.24. The molecule has 1 fully saturated rings. The van der Waals surface area contributed by atoms with Crippen LogP contribution in [0.15, 0.2) is 18.2 Å². The number of nitrogens with two attached hydrogens (primary N) is 1. The molecule has 1 amide bonds. The molecule has 2 rings (SSSR count). The second kappa shape index (κ2) is 6.41. The van der Waals surface area contributed by atoms with Crippen molar-refractivity contribution in [3.8, 4) is 5.75 Å². The van der Waals surface area contributed by atoms with Gasteiger partial charge in [0, 0.05) is 18.7 Å². The Morgan fingerprint density at radius 3 is 2.54 bits per heavy atom. The first-order valence-electron chi connectivity index (χ1n) is 7.57. The lowest BCUT2D eigenvalue weighted by Crippen LogP contribution is -2.36. The molecule has 0 spiro atoms. The molecule has 1 atom stereocenters. The number of carbonyl (C=O) groups excluding carboxylic acids is 1. The predicted molar refractivity (Wildman–Crippen MR) is 82.7 cm³/mol. The Morgan fingerprint density at radius 2 is 1.96 bits per heavy atom. The number of benzene rings is 1. The third-order valence-electron chi connectivity index (χ3n) is 3.40. The number of halogens is 3. The molecule has 2 N–H and O–H groups in total. The minimum Gasteiger partial charge on any atom is -0.488 e. The summed E-state index contributed by atoms with van der Waals surface area (Å²) in [6.07, 6.45) is -5.15. The van der Waals surface area contributed by atoms with E-state index >= 15 is 0 Å². The minimum absolute atomic E-state index is 0.0106. The van der Waals surface area contributed by atoms with Crippen LogP contribution in [0.4, 0.5) is 23.7 Å². The second-order valence-electron chi connectivity index (χ2n) is 6.71. The highest BCUT2D eigenvalue weighted by Crippen LogP contribution is 2.38. The van der Waals surface area contributed by atoms with Gasteiger partial charge in [0.1, 0.15) is 17.5 Å². The highest BCUT2D eigenvalue weighted by molar-refractivity contribution is 5.68. The fourth-order valence-electron chi connectivity index (χ4n) is 2.37. The number of rotatable bonds is 2. The van der Waals surface area contributed by atoms with Crippen LogP contribution in [0.1, 0.15) is 32.8 Å². The van der Waals surface area contributed by atoms with Crippen LogP contribution in [0.3, 0.4) is 0 Å². The van der Waals surface area contributed by atoms with Crippen LogP contribution in [-0.2, 0) is 10.9 Å². The van der Waals surface area contributed by atoms with E-state index in [4.69, 9.17) is 15.2 Å². The number of alkyl halides is 3.